The van der Waals surface area contributed by atoms with E-state index in [0.717, 1.165) is 22.0 Å². The first-order valence-corrected chi connectivity index (χ1v) is 12.7. The molecule has 3 aromatic carbocycles. The average molecular weight is 526 g/mol. The number of para-hydroxylation sites is 2. The van der Waals surface area contributed by atoms with Crippen molar-refractivity contribution >= 4 is 28.7 Å². The SMILES string of the molecule is COc1cccc(C2NC(Cc3c[nH]c4ccccc34)(C(=O)O)C3C(=O)NC(=O)C23)c1OCc1ccccc1. The minimum Gasteiger partial charge on any atom is -0.493 e. The van der Waals surface area contributed by atoms with E-state index in [1.54, 1.807) is 24.4 Å². The Balaban J connectivity index is 1.44. The molecule has 0 radical (unpaired) electrons. The van der Waals surface area contributed by atoms with E-state index in [0.29, 0.717) is 17.1 Å². The highest BCUT2D eigenvalue weighted by atomic mass is 16.5. The normalized spacial score (nSPS) is 24.0. The number of fused-ring (bicyclic) bond motifs is 2. The molecule has 9 nitrogen and oxygen atoms in total. The van der Waals surface area contributed by atoms with Gasteiger partial charge >= 0.3 is 5.97 Å². The zero-order valence-corrected chi connectivity index (χ0v) is 21.1. The smallest absolute Gasteiger partial charge is 0.325 e. The average Bonchev–Trinajstić information content (AvgIpc) is 3.61. The van der Waals surface area contributed by atoms with Crippen molar-refractivity contribution in [3.05, 3.63) is 95.7 Å². The summed E-state index contributed by atoms with van der Waals surface area (Å²) in [6.45, 7) is 0.236. The molecule has 4 atom stereocenters. The van der Waals surface area contributed by atoms with Gasteiger partial charge in [0.05, 0.1) is 18.9 Å². The fraction of sp³-hybridized carbons (Fsp3) is 0.233. The fourth-order valence-corrected chi connectivity index (χ4v) is 6.03. The molecule has 2 aliphatic rings. The number of nitrogens with one attached hydrogen (secondary N) is 3. The van der Waals surface area contributed by atoms with Crippen molar-refractivity contribution in [3.8, 4) is 11.5 Å². The van der Waals surface area contributed by atoms with Crippen LogP contribution in [0.15, 0.2) is 79.0 Å². The van der Waals surface area contributed by atoms with Crippen molar-refractivity contribution in [1.29, 1.82) is 0 Å². The maximum absolute atomic E-state index is 13.2. The maximum atomic E-state index is 13.2. The maximum Gasteiger partial charge on any atom is 0.325 e. The van der Waals surface area contributed by atoms with Gasteiger partial charge in [-0.3, -0.25) is 25.0 Å². The molecule has 0 saturated carbocycles. The number of amides is 2. The number of aliphatic carboxylic acids is 1. The van der Waals surface area contributed by atoms with Crippen LogP contribution in [0.1, 0.15) is 22.7 Å². The van der Waals surface area contributed by atoms with Crippen LogP contribution in [-0.2, 0) is 27.4 Å². The van der Waals surface area contributed by atoms with E-state index in [2.05, 4.69) is 15.6 Å². The highest BCUT2D eigenvalue weighted by Gasteiger charge is 2.66. The number of benzene rings is 3. The largest absolute Gasteiger partial charge is 0.493 e. The number of rotatable bonds is 8. The van der Waals surface area contributed by atoms with Gasteiger partial charge in [0.15, 0.2) is 11.5 Å². The molecule has 0 bridgehead atoms. The van der Waals surface area contributed by atoms with Crippen molar-refractivity contribution < 1.29 is 29.0 Å². The number of carbonyl (C=O) groups excluding carboxylic acids is 2. The van der Waals surface area contributed by atoms with Gasteiger partial charge in [-0.1, -0.05) is 60.7 Å². The highest BCUT2D eigenvalue weighted by molar-refractivity contribution is 6.09. The number of carboxylic acid groups (broad SMARTS) is 1. The summed E-state index contributed by atoms with van der Waals surface area (Å²) >= 11 is 0. The highest BCUT2D eigenvalue weighted by Crippen LogP contribution is 2.51. The van der Waals surface area contributed by atoms with Gasteiger partial charge in [0.25, 0.3) is 0 Å². The number of methoxy groups -OCH3 is 1. The lowest BCUT2D eigenvalue weighted by Crippen LogP contribution is -2.57. The summed E-state index contributed by atoms with van der Waals surface area (Å²) in [5.41, 5.74) is 1.33. The summed E-state index contributed by atoms with van der Waals surface area (Å²) in [5.74, 6) is -3.57. The van der Waals surface area contributed by atoms with E-state index in [9.17, 15) is 19.5 Å². The number of imide groups is 1. The first-order chi connectivity index (χ1) is 18.9. The second-order valence-electron chi connectivity index (χ2n) is 9.94. The number of hydrogen-bond donors (Lipinski definition) is 4. The summed E-state index contributed by atoms with van der Waals surface area (Å²) in [6, 6.07) is 21.6. The monoisotopic (exact) mass is 525 g/mol. The Hall–Kier alpha value is -4.63. The van der Waals surface area contributed by atoms with Gasteiger partial charge in [0.2, 0.25) is 11.8 Å². The number of ether oxygens (including phenoxy) is 2. The van der Waals surface area contributed by atoms with Gasteiger partial charge in [-0.05, 0) is 23.3 Å². The molecule has 3 heterocycles. The van der Waals surface area contributed by atoms with Crippen molar-refractivity contribution in [1.82, 2.24) is 15.6 Å². The first-order valence-electron chi connectivity index (χ1n) is 12.7. The zero-order chi connectivity index (χ0) is 27.1. The van der Waals surface area contributed by atoms with E-state index in [4.69, 9.17) is 9.47 Å². The van der Waals surface area contributed by atoms with E-state index >= 15 is 0 Å². The third-order valence-electron chi connectivity index (χ3n) is 7.81. The Morgan fingerprint density at radius 1 is 0.974 bits per heavy atom. The predicted molar refractivity (Wildman–Crippen MR) is 142 cm³/mol. The third-order valence-corrected chi connectivity index (χ3v) is 7.81. The van der Waals surface area contributed by atoms with E-state index < -0.39 is 41.2 Å². The minimum atomic E-state index is -1.74. The van der Waals surface area contributed by atoms with Crippen LogP contribution in [0.4, 0.5) is 0 Å². The van der Waals surface area contributed by atoms with Crippen molar-refractivity contribution in [3.63, 3.8) is 0 Å². The number of H-pyrrole nitrogens is 1. The quantitative estimate of drug-likeness (QED) is 0.260. The molecule has 2 aliphatic heterocycles. The topological polar surface area (TPSA) is 130 Å². The molecule has 4 aromatic rings. The Morgan fingerprint density at radius 2 is 1.74 bits per heavy atom. The lowest BCUT2D eigenvalue weighted by atomic mass is 9.76. The molecule has 6 rings (SSSR count). The first kappa shape index (κ1) is 24.7. The second-order valence-corrected chi connectivity index (χ2v) is 9.94. The molecule has 2 saturated heterocycles. The Labute approximate surface area is 224 Å². The lowest BCUT2D eigenvalue weighted by molar-refractivity contribution is -0.149. The number of carboxylic acids is 1. The molecule has 4 unspecified atom stereocenters. The van der Waals surface area contributed by atoms with Crippen LogP contribution in [0.5, 0.6) is 11.5 Å². The molecule has 0 aliphatic carbocycles. The molecule has 9 heteroatoms. The third kappa shape index (κ3) is 4.02. The van der Waals surface area contributed by atoms with Gasteiger partial charge in [0, 0.05) is 35.1 Å². The summed E-state index contributed by atoms with van der Waals surface area (Å²) in [6.07, 6.45) is 1.75. The fourth-order valence-electron chi connectivity index (χ4n) is 6.03. The Morgan fingerprint density at radius 3 is 2.51 bits per heavy atom. The van der Waals surface area contributed by atoms with Crippen molar-refractivity contribution in [2.24, 2.45) is 11.8 Å². The number of aromatic amines is 1. The summed E-state index contributed by atoms with van der Waals surface area (Å²) in [4.78, 5) is 42.6. The van der Waals surface area contributed by atoms with E-state index in [1.807, 2.05) is 54.6 Å². The lowest BCUT2D eigenvalue weighted by Gasteiger charge is -2.30. The standard InChI is InChI=1S/C30H27N3O6/c1-38-22-13-7-11-20(26(22)39-16-17-8-3-2-4-9-17)25-23-24(28(35)32-27(23)34)30(33-25,29(36)37)14-18-15-31-21-12-6-5-10-19(18)21/h2-13,15,23-25,31,33H,14,16H2,1H3,(H,36,37)(H,32,34,35). The molecule has 2 amide bonds. The number of aromatic nitrogens is 1. The van der Waals surface area contributed by atoms with Crippen LogP contribution in [0.2, 0.25) is 0 Å². The Kier molecular flexibility index (Phi) is 6.07. The molecule has 4 N–H and O–H groups in total. The van der Waals surface area contributed by atoms with Gasteiger partial charge in [0.1, 0.15) is 12.1 Å². The van der Waals surface area contributed by atoms with Gasteiger partial charge in [-0.2, -0.15) is 0 Å². The van der Waals surface area contributed by atoms with Crippen LogP contribution < -0.4 is 20.1 Å². The molecule has 2 fully saturated rings. The summed E-state index contributed by atoms with van der Waals surface area (Å²) < 4.78 is 11.8. The van der Waals surface area contributed by atoms with E-state index in [1.165, 1.54) is 7.11 Å². The molecule has 1 aromatic heterocycles. The second kappa shape index (κ2) is 9.59. The predicted octanol–water partition coefficient (Wildman–Crippen LogP) is 3.35. The molecule has 0 spiro atoms. The van der Waals surface area contributed by atoms with Crippen LogP contribution in [0.25, 0.3) is 10.9 Å². The van der Waals surface area contributed by atoms with Gasteiger partial charge in [-0.15, -0.1) is 0 Å². The summed E-state index contributed by atoms with van der Waals surface area (Å²) in [5, 5.41) is 17.1. The van der Waals surface area contributed by atoms with Gasteiger partial charge < -0.3 is 19.6 Å². The van der Waals surface area contributed by atoms with Crippen molar-refractivity contribution in [2.45, 2.75) is 24.6 Å². The zero-order valence-electron chi connectivity index (χ0n) is 21.1. The molecular formula is C30H27N3O6. The summed E-state index contributed by atoms with van der Waals surface area (Å²) in [7, 11) is 1.52. The van der Waals surface area contributed by atoms with E-state index in [-0.39, 0.29) is 13.0 Å². The minimum absolute atomic E-state index is 0.00507. The number of hydrogen-bond acceptors (Lipinski definition) is 6. The molecule has 39 heavy (non-hydrogen) atoms. The molecular weight excluding hydrogens is 498 g/mol. The molecule has 198 valence electrons. The van der Waals surface area contributed by atoms with Crippen LogP contribution >= 0.6 is 0 Å². The van der Waals surface area contributed by atoms with Crippen LogP contribution in [0, 0.1) is 11.8 Å². The van der Waals surface area contributed by atoms with Crippen LogP contribution in [0.3, 0.4) is 0 Å². The number of carbonyl (C=O) groups is 3. The Bertz CT molecular complexity index is 1580. The van der Waals surface area contributed by atoms with Gasteiger partial charge in [-0.25, -0.2) is 0 Å². The van der Waals surface area contributed by atoms with Crippen molar-refractivity contribution in [2.75, 3.05) is 7.11 Å². The van der Waals surface area contributed by atoms with Crippen LogP contribution in [-0.4, -0.2) is 40.5 Å².